The summed E-state index contributed by atoms with van der Waals surface area (Å²) in [6, 6.07) is -1.46. The maximum Gasteiger partial charge on any atom is 0.325 e. The minimum Gasteiger partial charge on any atom is -0.454 e. The Balaban J connectivity index is 2.27. The molecule has 1 saturated carbocycles. The van der Waals surface area contributed by atoms with Gasteiger partial charge in [-0.1, -0.05) is 26.7 Å². The highest BCUT2D eigenvalue weighted by atomic mass is 16.5. The quantitative estimate of drug-likeness (QED) is 0.520. The van der Waals surface area contributed by atoms with Crippen LogP contribution in [0.5, 0.6) is 0 Å². The molecule has 0 aliphatic heterocycles. The van der Waals surface area contributed by atoms with Gasteiger partial charge in [0, 0.05) is 6.04 Å². The van der Waals surface area contributed by atoms with Crippen LogP contribution in [0.1, 0.15) is 33.1 Å². The van der Waals surface area contributed by atoms with Gasteiger partial charge in [0.15, 0.2) is 6.61 Å². The monoisotopic (exact) mass is 328 g/mol. The van der Waals surface area contributed by atoms with E-state index in [1.165, 1.54) is 0 Å². The normalized spacial score (nSPS) is 23.5. The van der Waals surface area contributed by atoms with Crippen molar-refractivity contribution < 1.29 is 23.9 Å². The van der Waals surface area contributed by atoms with E-state index in [1.54, 1.807) is 0 Å². The second kappa shape index (κ2) is 8.96. The molecular weight excluding hydrogens is 304 g/mol. The molecule has 0 bridgehead atoms. The van der Waals surface area contributed by atoms with E-state index in [0.717, 1.165) is 19.3 Å². The molecule has 1 aliphatic carbocycles. The van der Waals surface area contributed by atoms with Crippen molar-refractivity contribution in [2.24, 2.45) is 17.6 Å². The van der Waals surface area contributed by atoms with E-state index in [4.69, 9.17) is 5.73 Å². The van der Waals surface area contributed by atoms with Crippen LogP contribution in [0.4, 0.5) is 9.59 Å². The van der Waals surface area contributed by atoms with Crippen LogP contribution in [0, 0.1) is 11.8 Å². The summed E-state index contributed by atoms with van der Waals surface area (Å²) in [6.45, 7) is 3.17. The number of ether oxygens (including phenoxy) is 1. The van der Waals surface area contributed by atoms with Gasteiger partial charge in [-0.2, -0.15) is 0 Å². The Morgan fingerprint density at radius 1 is 1.17 bits per heavy atom. The predicted octanol–water partition coefficient (Wildman–Crippen LogP) is -0.152. The fourth-order valence-corrected chi connectivity index (χ4v) is 2.51. The smallest absolute Gasteiger partial charge is 0.325 e. The van der Waals surface area contributed by atoms with Gasteiger partial charge in [0.1, 0.15) is 6.54 Å². The van der Waals surface area contributed by atoms with Crippen molar-refractivity contribution in [1.82, 2.24) is 16.0 Å². The minimum absolute atomic E-state index is 0.0221. The molecule has 5 amide bonds. The summed E-state index contributed by atoms with van der Waals surface area (Å²) in [7, 11) is 0. The highest BCUT2D eigenvalue weighted by Gasteiger charge is 2.28. The molecule has 0 aromatic carbocycles. The maximum absolute atomic E-state index is 11.8. The zero-order valence-corrected chi connectivity index (χ0v) is 13.4. The topological polar surface area (TPSA) is 140 Å². The third-order valence-corrected chi connectivity index (χ3v) is 4.05. The molecule has 9 heteroatoms. The Morgan fingerprint density at radius 2 is 1.87 bits per heavy atom. The van der Waals surface area contributed by atoms with Crippen LogP contribution in [0.3, 0.4) is 0 Å². The molecule has 5 N–H and O–H groups in total. The first-order valence-corrected chi connectivity index (χ1v) is 7.59. The zero-order valence-electron chi connectivity index (χ0n) is 13.4. The molecule has 130 valence electrons. The van der Waals surface area contributed by atoms with Crippen molar-refractivity contribution in [2.75, 3.05) is 13.2 Å². The Kier molecular flexibility index (Phi) is 7.30. The summed E-state index contributed by atoms with van der Waals surface area (Å²) < 4.78 is 4.58. The van der Waals surface area contributed by atoms with E-state index in [0.29, 0.717) is 11.8 Å². The first-order chi connectivity index (χ1) is 10.8. The maximum atomic E-state index is 11.8. The molecule has 0 aromatic rings. The van der Waals surface area contributed by atoms with Crippen molar-refractivity contribution >= 4 is 23.9 Å². The second-order valence-electron chi connectivity index (χ2n) is 5.77. The SMILES string of the molecule is C[C@H]1[C@H](C)CCC[C@@H]1NC(=O)NC(=O)COC(=O)CNC(N)=O. The molecule has 0 saturated heterocycles. The number of carbonyl (C=O) groups is 4. The number of carbonyl (C=O) groups excluding carboxylic acids is 4. The van der Waals surface area contributed by atoms with Crippen LogP contribution < -0.4 is 21.7 Å². The van der Waals surface area contributed by atoms with Gasteiger partial charge in [-0.15, -0.1) is 0 Å². The number of nitrogens with two attached hydrogens (primary N) is 1. The molecule has 9 nitrogen and oxygen atoms in total. The number of imide groups is 1. The van der Waals surface area contributed by atoms with Crippen LogP contribution in [-0.2, 0) is 14.3 Å². The number of hydrogen-bond acceptors (Lipinski definition) is 5. The summed E-state index contributed by atoms with van der Waals surface area (Å²) in [5.74, 6) is -0.716. The molecule has 3 atom stereocenters. The molecule has 1 fully saturated rings. The number of urea groups is 2. The van der Waals surface area contributed by atoms with Crippen molar-refractivity contribution in [3.63, 3.8) is 0 Å². The van der Waals surface area contributed by atoms with Crippen LogP contribution in [0.25, 0.3) is 0 Å². The van der Waals surface area contributed by atoms with E-state index in [1.807, 2.05) is 5.32 Å². The molecule has 0 aromatic heterocycles. The molecule has 1 aliphatic rings. The number of rotatable bonds is 5. The lowest BCUT2D eigenvalue weighted by atomic mass is 9.78. The molecule has 0 heterocycles. The van der Waals surface area contributed by atoms with Gasteiger partial charge in [-0.05, 0) is 18.3 Å². The summed E-state index contributed by atoms with van der Waals surface area (Å²) >= 11 is 0. The number of esters is 1. The van der Waals surface area contributed by atoms with Crippen molar-refractivity contribution in [3.8, 4) is 0 Å². The van der Waals surface area contributed by atoms with Gasteiger partial charge in [0.05, 0.1) is 0 Å². The fraction of sp³-hybridized carbons (Fsp3) is 0.714. The predicted molar refractivity (Wildman–Crippen MR) is 81.2 cm³/mol. The van der Waals surface area contributed by atoms with E-state index in [2.05, 4.69) is 29.2 Å². The van der Waals surface area contributed by atoms with Gasteiger partial charge in [0.25, 0.3) is 5.91 Å². The lowest BCUT2D eigenvalue weighted by molar-refractivity contribution is -0.147. The lowest BCUT2D eigenvalue weighted by Gasteiger charge is -2.34. The van der Waals surface area contributed by atoms with E-state index >= 15 is 0 Å². The van der Waals surface area contributed by atoms with Crippen molar-refractivity contribution in [1.29, 1.82) is 0 Å². The van der Waals surface area contributed by atoms with Gasteiger partial charge < -0.3 is 21.1 Å². The first kappa shape index (κ1) is 18.7. The number of hydrogen-bond donors (Lipinski definition) is 4. The second-order valence-corrected chi connectivity index (χ2v) is 5.77. The molecule has 0 spiro atoms. The Hall–Kier alpha value is -2.32. The Morgan fingerprint density at radius 3 is 2.52 bits per heavy atom. The Labute approximate surface area is 134 Å². The van der Waals surface area contributed by atoms with E-state index in [-0.39, 0.29) is 6.04 Å². The average Bonchev–Trinajstić information content (AvgIpc) is 2.47. The molecule has 23 heavy (non-hydrogen) atoms. The Bertz CT molecular complexity index is 468. The van der Waals surface area contributed by atoms with Crippen LogP contribution >= 0.6 is 0 Å². The summed E-state index contributed by atoms with van der Waals surface area (Å²) in [6.07, 6.45) is 3.05. The van der Waals surface area contributed by atoms with Crippen LogP contribution in [-0.4, -0.2) is 43.1 Å². The first-order valence-electron chi connectivity index (χ1n) is 7.59. The highest BCUT2D eigenvalue weighted by molar-refractivity contribution is 5.95. The molecular formula is C14H24N4O5. The largest absolute Gasteiger partial charge is 0.454 e. The zero-order chi connectivity index (χ0) is 17.4. The third-order valence-electron chi connectivity index (χ3n) is 4.05. The average molecular weight is 328 g/mol. The van der Waals surface area contributed by atoms with E-state index in [9.17, 15) is 19.2 Å². The van der Waals surface area contributed by atoms with Crippen LogP contribution in [0.15, 0.2) is 0 Å². The van der Waals surface area contributed by atoms with Gasteiger partial charge in [-0.3, -0.25) is 14.9 Å². The minimum atomic E-state index is -0.874. The molecule has 0 unspecified atom stereocenters. The standard InChI is InChI=1S/C14H24N4O5/c1-8-4-3-5-10(9(8)2)17-14(22)18-11(19)7-23-12(20)6-16-13(15)21/h8-10H,3-7H2,1-2H3,(H3,15,16,21)(H2,17,18,19,22)/t8-,9+,10+/m1/s1. The van der Waals surface area contributed by atoms with Gasteiger partial charge in [-0.25, -0.2) is 9.59 Å². The number of primary amides is 1. The summed E-state index contributed by atoms with van der Waals surface area (Å²) in [5, 5.41) is 6.90. The number of amides is 5. The fourth-order valence-electron chi connectivity index (χ4n) is 2.51. The van der Waals surface area contributed by atoms with Crippen molar-refractivity contribution in [3.05, 3.63) is 0 Å². The molecule has 1 rings (SSSR count). The van der Waals surface area contributed by atoms with Crippen LogP contribution in [0.2, 0.25) is 0 Å². The van der Waals surface area contributed by atoms with E-state index < -0.39 is 37.1 Å². The number of nitrogens with one attached hydrogen (secondary N) is 3. The third kappa shape index (κ3) is 6.98. The van der Waals surface area contributed by atoms with Crippen molar-refractivity contribution in [2.45, 2.75) is 39.2 Å². The highest BCUT2D eigenvalue weighted by Crippen LogP contribution is 2.29. The van der Waals surface area contributed by atoms with Gasteiger partial charge >= 0.3 is 18.0 Å². The van der Waals surface area contributed by atoms with Gasteiger partial charge in [0.2, 0.25) is 0 Å². The summed E-state index contributed by atoms with van der Waals surface area (Å²) in [4.78, 5) is 44.9. The summed E-state index contributed by atoms with van der Waals surface area (Å²) in [5.41, 5.74) is 4.78. The molecule has 0 radical (unpaired) electrons. The lowest BCUT2D eigenvalue weighted by Crippen LogP contribution is -2.50.